The smallest absolute Gasteiger partial charge is 0.239 e. The molecule has 2 rings (SSSR count). The Morgan fingerprint density at radius 2 is 2.22 bits per heavy atom. The van der Waals surface area contributed by atoms with Crippen molar-refractivity contribution in [3.05, 3.63) is 28.5 Å². The molecule has 98 valence electrons. The van der Waals surface area contributed by atoms with E-state index in [1.165, 1.54) is 0 Å². The lowest BCUT2D eigenvalue weighted by Crippen LogP contribution is -2.43. The van der Waals surface area contributed by atoms with E-state index < -0.39 is 0 Å². The van der Waals surface area contributed by atoms with Gasteiger partial charge in [0.2, 0.25) is 5.91 Å². The Morgan fingerprint density at radius 3 is 2.89 bits per heavy atom. The van der Waals surface area contributed by atoms with E-state index >= 15 is 0 Å². The molecule has 1 N–H and O–H groups in total. The van der Waals surface area contributed by atoms with Gasteiger partial charge in [-0.3, -0.25) is 4.79 Å². The number of hydrogen-bond acceptors (Lipinski definition) is 3. The monoisotopic (exact) mass is 311 g/mol. The summed E-state index contributed by atoms with van der Waals surface area (Å²) in [5, 5.41) is 3.23. The summed E-state index contributed by atoms with van der Waals surface area (Å²) in [5.74, 6) is 0.197. The molecular formula is C13H18BrN3O. The Labute approximate surface area is 116 Å². The predicted octanol–water partition coefficient (Wildman–Crippen LogP) is 1.94. The maximum atomic E-state index is 12.1. The minimum atomic E-state index is -0.149. The molecule has 0 aromatic carbocycles. The standard InChI is InChI=1S/C13H18BrN3O/c1-10(13(18)17-7-2-3-8-17)15-9-11-5-4-6-12(14)16-11/h4-6,10,15H,2-3,7-9H2,1H3. The quantitative estimate of drug-likeness (QED) is 0.864. The van der Waals surface area contributed by atoms with Crippen LogP contribution in [0.2, 0.25) is 0 Å². The third-order valence-corrected chi connectivity index (χ3v) is 3.59. The van der Waals surface area contributed by atoms with E-state index in [1.54, 1.807) is 0 Å². The zero-order valence-electron chi connectivity index (χ0n) is 10.5. The van der Waals surface area contributed by atoms with E-state index in [1.807, 2.05) is 30.0 Å². The van der Waals surface area contributed by atoms with Crippen LogP contribution in [0, 0.1) is 0 Å². The summed E-state index contributed by atoms with van der Waals surface area (Å²) in [5.41, 5.74) is 0.936. The van der Waals surface area contributed by atoms with Gasteiger partial charge in [-0.1, -0.05) is 6.07 Å². The summed E-state index contributed by atoms with van der Waals surface area (Å²) < 4.78 is 0.820. The van der Waals surface area contributed by atoms with Gasteiger partial charge < -0.3 is 10.2 Å². The highest BCUT2D eigenvalue weighted by atomic mass is 79.9. The zero-order chi connectivity index (χ0) is 13.0. The van der Waals surface area contributed by atoms with Crippen molar-refractivity contribution in [2.45, 2.75) is 32.4 Å². The lowest BCUT2D eigenvalue weighted by molar-refractivity contribution is -0.131. The van der Waals surface area contributed by atoms with E-state index in [0.717, 1.165) is 36.2 Å². The van der Waals surface area contributed by atoms with Crippen molar-refractivity contribution in [1.29, 1.82) is 0 Å². The first-order valence-corrected chi connectivity index (χ1v) is 7.10. The van der Waals surface area contributed by atoms with Crippen molar-refractivity contribution in [3.8, 4) is 0 Å². The highest BCUT2D eigenvalue weighted by Gasteiger charge is 2.22. The second-order valence-corrected chi connectivity index (χ2v) is 5.40. The van der Waals surface area contributed by atoms with E-state index in [-0.39, 0.29) is 11.9 Å². The Hall–Kier alpha value is -0.940. The third-order valence-electron chi connectivity index (χ3n) is 3.15. The number of carbonyl (C=O) groups excluding carboxylic acids is 1. The molecular weight excluding hydrogens is 294 g/mol. The van der Waals surface area contributed by atoms with Gasteiger partial charge in [0.15, 0.2) is 0 Å². The molecule has 2 heterocycles. The van der Waals surface area contributed by atoms with Gasteiger partial charge in [0.05, 0.1) is 11.7 Å². The van der Waals surface area contributed by atoms with Crippen molar-refractivity contribution < 1.29 is 4.79 Å². The molecule has 1 atom stereocenters. The van der Waals surface area contributed by atoms with Gasteiger partial charge in [0, 0.05) is 19.6 Å². The number of amides is 1. The van der Waals surface area contributed by atoms with E-state index in [4.69, 9.17) is 0 Å². The second-order valence-electron chi connectivity index (χ2n) is 4.59. The fourth-order valence-corrected chi connectivity index (χ4v) is 2.49. The first-order chi connectivity index (χ1) is 8.66. The molecule has 18 heavy (non-hydrogen) atoms. The SMILES string of the molecule is CC(NCc1cccc(Br)n1)C(=O)N1CCCC1. The van der Waals surface area contributed by atoms with Crippen LogP contribution in [0.4, 0.5) is 0 Å². The van der Waals surface area contributed by atoms with Crippen LogP contribution in [-0.2, 0) is 11.3 Å². The van der Waals surface area contributed by atoms with Gasteiger partial charge >= 0.3 is 0 Å². The first-order valence-electron chi connectivity index (χ1n) is 6.30. The van der Waals surface area contributed by atoms with Crippen LogP contribution in [-0.4, -0.2) is 34.9 Å². The van der Waals surface area contributed by atoms with Gasteiger partial charge in [-0.15, -0.1) is 0 Å². The molecule has 4 nitrogen and oxygen atoms in total. The van der Waals surface area contributed by atoms with Crippen LogP contribution >= 0.6 is 15.9 Å². The summed E-state index contributed by atoms with van der Waals surface area (Å²) in [6.07, 6.45) is 2.26. The topological polar surface area (TPSA) is 45.2 Å². The van der Waals surface area contributed by atoms with Crippen LogP contribution in [0.15, 0.2) is 22.8 Å². The van der Waals surface area contributed by atoms with Crippen LogP contribution in [0.5, 0.6) is 0 Å². The minimum absolute atomic E-state index is 0.149. The Kier molecular flexibility index (Phi) is 4.72. The fraction of sp³-hybridized carbons (Fsp3) is 0.538. The van der Waals surface area contributed by atoms with E-state index in [9.17, 15) is 4.79 Å². The predicted molar refractivity (Wildman–Crippen MR) is 74.1 cm³/mol. The molecule has 1 unspecified atom stereocenters. The highest BCUT2D eigenvalue weighted by molar-refractivity contribution is 9.10. The summed E-state index contributed by atoms with van der Waals surface area (Å²) >= 11 is 3.34. The molecule has 0 radical (unpaired) electrons. The van der Waals surface area contributed by atoms with E-state index in [2.05, 4.69) is 26.2 Å². The van der Waals surface area contributed by atoms with Crippen LogP contribution < -0.4 is 5.32 Å². The summed E-state index contributed by atoms with van der Waals surface area (Å²) in [4.78, 5) is 18.3. The number of halogens is 1. The number of rotatable bonds is 4. The second kappa shape index (κ2) is 6.29. The Morgan fingerprint density at radius 1 is 1.50 bits per heavy atom. The van der Waals surface area contributed by atoms with E-state index in [0.29, 0.717) is 6.54 Å². The molecule has 1 saturated heterocycles. The van der Waals surface area contributed by atoms with Crippen LogP contribution in [0.3, 0.4) is 0 Å². The Balaban J connectivity index is 1.84. The number of carbonyl (C=O) groups is 1. The number of hydrogen-bond donors (Lipinski definition) is 1. The zero-order valence-corrected chi connectivity index (χ0v) is 12.1. The first kappa shape index (κ1) is 13.5. The summed E-state index contributed by atoms with van der Waals surface area (Å²) in [7, 11) is 0. The maximum absolute atomic E-state index is 12.1. The third kappa shape index (κ3) is 3.53. The summed E-state index contributed by atoms with van der Waals surface area (Å²) in [6.45, 7) is 4.33. The number of nitrogens with one attached hydrogen (secondary N) is 1. The molecule has 1 aromatic heterocycles. The molecule has 0 saturated carbocycles. The number of pyridine rings is 1. The molecule has 1 fully saturated rings. The van der Waals surface area contributed by atoms with Crippen LogP contribution in [0.25, 0.3) is 0 Å². The molecule has 0 aliphatic carbocycles. The van der Waals surface area contributed by atoms with Crippen molar-refractivity contribution in [1.82, 2.24) is 15.2 Å². The molecule has 1 aliphatic heterocycles. The van der Waals surface area contributed by atoms with Gasteiger partial charge in [-0.2, -0.15) is 0 Å². The minimum Gasteiger partial charge on any atom is -0.341 e. The van der Waals surface area contributed by atoms with Gasteiger partial charge in [0.25, 0.3) is 0 Å². The fourth-order valence-electron chi connectivity index (χ4n) is 2.11. The number of nitrogens with zero attached hydrogens (tertiary/aromatic N) is 2. The van der Waals surface area contributed by atoms with Crippen molar-refractivity contribution in [2.24, 2.45) is 0 Å². The number of likely N-dealkylation sites (tertiary alicyclic amines) is 1. The lowest BCUT2D eigenvalue weighted by Gasteiger charge is -2.21. The molecule has 1 aromatic rings. The normalized spacial score (nSPS) is 16.9. The summed E-state index contributed by atoms with van der Waals surface area (Å²) in [6, 6.07) is 5.64. The molecule has 0 bridgehead atoms. The molecule has 5 heteroatoms. The Bertz CT molecular complexity index is 418. The molecule has 0 spiro atoms. The lowest BCUT2D eigenvalue weighted by atomic mass is 10.2. The van der Waals surface area contributed by atoms with Crippen LogP contribution in [0.1, 0.15) is 25.5 Å². The maximum Gasteiger partial charge on any atom is 0.239 e. The molecule has 1 aliphatic rings. The van der Waals surface area contributed by atoms with Gasteiger partial charge in [0.1, 0.15) is 4.60 Å². The van der Waals surface area contributed by atoms with Gasteiger partial charge in [-0.25, -0.2) is 4.98 Å². The molecule has 1 amide bonds. The average molecular weight is 312 g/mol. The van der Waals surface area contributed by atoms with Crippen molar-refractivity contribution in [3.63, 3.8) is 0 Å². The average Bonchev–Trinajstić information content (AvgIpc) is 2.89. The number of aromatic nitrogens is 1. The van der Waals surface area contributed by atoms with Gasteiger partial charge in [-0.05, 0) is 47.8 Å². The largest absolute Gasteiger partial charge is 0.341 e. The highest BCUT2D eigenvalue weighted by Crippen LogP contribution is 2.10. The van der Waals surface area contributed by atoms with Crippen molar-refractivity contribution in [2.75, 3.05) is 13.1 Å². The van der Waals surface area contributed by atoms with Crippen molar-refractivity contribution >= 4 is 21.8 Å².